The minimum absolute atomic E-state index is 0.306. The lowest BCUT2D eigenvalue weighted by Gasteiger charge is -2.21. The van der Waals surface area contributed by atoms with Gasteiger partial charge in [-0.2, -0.15) is 4.98 Å². The van der Waals surface area contributed by atoms with Crippen LogP contribution in [0, 0.1) is 13.8 Å². The second kappa shape index (κ2) is 7.59. The standard InChI is InChI=1S/C19H26N6O/c1-13-8-7-9-15(14(13)2)21-19(26)22-16-12-20-18(23-17(16)24(3)4)25-10-5-6-11-25/h7-9,12H,5-6,10-11H2,1-4H3,(H2,21,22,26). The summed E-state index contributed by atoms with van der Waals surface area (Å²) in [5.41, 5.74) is 3.57. The molecule has 0 unspecified atom stereocenters. The molecular weight excluding hydrogens is 328 g/mol. The Labute approximate surface area is 154 Å². The molecule has 2 amide bonds. The lowest BCUT2D eigenvalue weighted by atomic mass is 10.1. The van der Waals surface area contributed by atoms with Gasteiger partial charge in [-0.05, 0) is 43.9 Å². The van der Waals surface area contributed by atoms with Crippen LogP contribution in [0.1, 0.15) is 24.0 Å². The fourth-order valence-corrected chi connectivity index (χ4v) is 3.02. The van der Waals surface area contributed by atoms with Gasteiger partial charge in [0.1, 0.15) is 5.69 Å². The molecule has 2 heterocycles. The minimum Gasteiger partial charge on any atom is -0.361 e. The Balaban J connectivity index is 1.77. The quantitative estimate of drug-likeness (QED) is 0.880. The predicted octanol–water partition coefficient (Wildman–Crippen LogP) is 3.40. The summed E-state index contributed by atoms with van der Waals surface area (Å²) in [6.07, 6.45) is 4.01. The highest BCUT2D eigenvalue weighted by Crippen LogP contribution is 2.26. The number of nitrogens with one attached hydrogen (secondary N) is 2. The fraction of sp³-hybridized carbons (Fsp3) is 0.421. The molecule has 1 aliphatic heterocycles. The van der Waals surface area contributed by atoms with Gasteiger partial charge in [-0.15, -0.1) is 0 Å². The van der Waals surface area contributed by atoms with E-state index in [-0.39, 0.29) is 6.03 Å². The molecule has 1 aliphatic rings. The zero-order valence-corrected chi connectivity index (χ0v) is 15.8. The van der Waals surface area contributed by atoms with Crippen LogP contribution in [0.5, 0.6) is 0 Å². The van der Waals surface area contributed by atoms with Crippen LogP contribution < -0.4 is 20.4 Å². The summed E-state index contributed by atoms with van der Waals surface area (Å²) in [5, 5.41) is 5.77. The van der Waals surface area contributed by atoms with Crippen molar-refractivity contribution < 1.29 is 4.79 Å². The normalized spacial score (nSPS) is 13.6. The van der Waals surface area contributed by atoms with Crippen molar-refractivity contribution in [2.75, 3.05) is 47.6 Å². The van der Waals surface area contributed by atoms with Gasteiger partial charge in [-0.3, -0.25) is 0 Å². The van der Waals surface area contributed by atoms with Crippen LogP contribution >= 0.6 is 0 Å². The average molecular weight is 354 g/mol. The number of aryl methyl sites for hydroxylation is 1. The Kier molecular flexibility index (Phi) is 5.25. The summed E-state index contributed by atoms with van der Waals surface area (Å²) in [6, 6.07) is 5.53. The molecule has 0 spiro atoms. The van der Waals surface area contributed by atoms with E-state index in [1.807, 2.05) is 51.0 Å². The lowest BCUT2D eigenvalue weighted by Crippen LogP contribution is -2.25. The molecule has 2 N–H and O–H groups in total. The van der Waals surface area contributed by atoms with Crippen LogP contribution in [0.25, 0.3) is 0 Å². The molecule has 0 bridgehead atoms. The van der Waals surface area contributed by atoms with E-state index in [0.29, 0.717) is 17.5 Å². The Morgan fingerprint density at radius 2 is 1.81 bits per heavy atom. The molecule has 0 saturated carbocycles. The van der Waals surface area contributed by atoms with Crippen molar-refractivity contribution in [2.24, 2.45) is 0 Å². The third kappa shape index (κ3) is 3.87. The molecule has 7 heteroatoms. The summed E-state index contributed by atoms with van der Waals surface area (Å²) in [4.78, 5) is 25.6. The van der Waals surface area contributed by atoms with E-state index < -0.39 is 0 Å². The maximum absolute atomic E-state index is 12.5. The highest BCUT2D eigenvalue weighted by atomic mass is 16.2. The molecular formula is C19H26N6O. The van der Waals surface area contributed by atoms with Crippen molar-refractivity contribution in [1.29, 1.82) is 0 Å². The van der Waals surface area contributed by atoms with Gasteiger partial charge in [0.25, 0.3) is 0 Å². The molecule has 2 aromatic rings. The second-order valence-electron chi connectivity index (χ2n) is 6.82. The molecule has 7 nitrogen and oxygen atoms in total. The molecule has 0 aliphatic carbocycles. The third-order valence-corrected chi connectivity index (χ3v) is 4.67. The number of nitrogens with zero attached hydrogens (tertiary/aromatic N) is 4. The number of hydrogen-bond acceptors (Lipinski definition) is 5. The van der Waals surface area contributed by atoms with Gasteiger partial charge < -0.3 is 20.4 Å². The van der Waals surface area contributed by atoms with E-state index in [1.54, 1.807) is 6.20 Å². The zero-order chi connectivity index (χ0) is 18.7. The summed E-state index contributed by atoms with van der Waals surface area (Å²) >= 11 is 0. The Bertz CT molecular complexity index is 799. The first-order chi connectivity index (χ1) is 12.5. The molecule has 1 aromatic carbocycles. The smallest absolute Gasteiger partial charge is 0.323 e. The molecule has 1 fully saturated rings. The number of urea groups is 1. The topological polar surface area (TPSA) is 73.4 Å². The number of hydrogen-bond donors (Lipinski definition) is 2. The van der Waals surface area contributed by atoms with Crippen LogP contribution in [-0.4, -0.2) is 43.2 Å². The second-order valence-corrected chi connectivity index (χ2v) is 6.82. The molecule has 3 rings (SSSR count). The van der Waals surface area contributed by atoms with Gasteiger partial charge in [0.2, 0.25) is 5.95 Å². The highest BCUT2D eigenvalue weighted by molar-refractivity contribution is 6.01. The number of carbonyl (C=O) groups excluding carboxylic acids is 1. The van der Waals surface area contributed by atoms with Crippen molar-refractivity contribution >= 4 is 29.2 Å². The van der Waals surface area contributed by atoms with Crippen LogP contribution in [0.2, 0.25) is 0 Å². The van der Waals surface area contributed by atoms with Gasteiger partial charge in [-0.1, -0.05) is 12.1 Å². The first-order valence-corrected chi connectivity index (χ1v) is 8.89. The number of amides is 2. The Hall–Kier alpha value is -2.83. The number of anilines is 4. The zero-order valence-electron chi connectivity index (χ0n) is 15.8. The predicted molar refractivity (Wildman–Crippen MR) is 106 cm³/mol. The van der Waals surface area contributed by atoms with Crippen LogP contribution in [0.15, 0.2) is 24.4 Å². The maximum atomic E-state index is 12.5. The van der Waals surface area contributed by atoms with Crippen LogP contribution in [0.3, 0.4) is 0 Å². The van der Waals surface area contributed by atoms with Crippen molar-refractivity contribution in [3.05, 3.63) is 35.5 Å². The maximum Gasteiger partial charge on any atom is 0.323 e. The van der Waals surface area contributed by atoms with Crippen molar-refractivity contribution in [1.82, 2.24) is 9.97 Å². The van der Waals surface area contributed by atoms with Crippen LogP contribution in [0.4, 0.5) is 27.9 Å². The summed E-state index contributed by atoms with van der Waals surface area (Å²) in [7, 11) is 3.81. The van der Waals surface area contributed by atoms with E-state index in [2.05, 4.69) is 25.5 Å². The summed E-state index contributed by atoms with van der Waals surface area (Å²) in [6.45, 7) is 5.97. The molecule has 1 saturated heterocycles. The Morgan fingerprint density at radius 1 is 1.12 bits per heavy atom. The summed E-state index contributed by atoms with van der Waals surface area (Å²) in [5.74, 6) is 1.41. The fourth-order valence-electron chi connectivity index (χ4n) is 3.02. The lowest BCUT2D eigenvalue weighted by molar-refractivity contribution is 0.262. The van der Waals surface area contributed by atoms with E-state index >= 15 is 0 Å². The van der Waals surface area contributed by atoms with Gasteiger partial charge in [0, 0.05) is 32.9 Å². The number of benzene rings is 1. The van der Waals surface area contributed by atoms with E-state index in [4.69, 9.17) is 0 Å². The molecule has 138 valence electrons. The SMILES string of the molecule is Cc1cccc(NC(=O)Nc2cnc(N3CCCC3)nc2N(C)C)c1C. The molecule has 0 radical (unpaired) electrons. The number of carbonyl (C=O) groups is 1. The summed E-state index contributed by atoms with van der Waals surface area (Å²) < 4.78 is 0. The minimum atomic E-state index is -0.306. The van der Waals surface area contributed by atoms with Gasteiger partial charge in [-0.25, -0.2) is 9.78 Å². The first-order valence-electron chi connectivity index (χ1n) is 8.89. The largest absolute Gasteiger partial charge is 0.361 e. The monoisotopic (exact) mass is 354 g/mol. The third-order valence-electron chi connectivity index (χ3n) is 4.67. The van der Waals surface area contributed by atoms with Gasteiger partial charge >= 0.3 is 6.03 Å². The van der Waals surface area contributed by atoms with E-state index in [0.717, 1.165) is 29.9 Å². The highest BCUT2D eigenvalue weighted by Gasteiger charge is 2.18. The van der Waals surface area contributed by atoms with Crippen LogP contribution in [-0.2, 0) is 0 Å². The van der Waals surface area contributed by atoms with Crippen molar-refractivity contribution in [3.63, 3.8) is 0 Å². The average Bonchev–Trinajstić information content (AvgIpc) is 3.13. The van der Waals surface area contributed by atoms with Gasteiger partial charge in [0.15, 0.2) is 5.82 Å². The van der Waals surface area contributed by atoms with Gasteiger partial charge in [0.05, 0.1) is 6.20 Å². The molecule has 26 heavy (non-hydrogen) atoms. The number of aromatic nitrogens is 2. The van der Waals surface area contributed by atoms with Crippen molar-refractivity contribution in [3.8, 4) is 0 Å². The van der Waals surface area contributed by atoms with Crippen molar-refractivity contribution in [2.45, 2.75) is 26.7 Å². The van der Waals surface area contributed by atoms with E-state index in [9.17, 15) is 4.79 Å². The molecule has 0 atom stereocenters. The van der Waals surface area contributed by atoms with E-state index in [1.165, 1.54) is 12.8 Å². The molecule has 1 aromatic heterocycles. The first kappa shape index (κ1) is 18.0. The Morgan fingerprint density at radius 3 is 2.50 bits per heavy atom. The number of rotatable bonds is 4.